The van der Waals surface area contributed by atoms with Crippen molar-refractivity contribution in [3.05, 3.63) is 89.2 Å². The van der Waals surface area contributed by atoms with Crippen molar-refractivity contribution in [2.75, 3.05) is 29.6 Å². The number of aryl methyl sites for hydroxylation is 1. The van der Waals surface area contributed by atoms with Crippen LogP contribution in [0.4, 0.5) is 21.5 Å². The molecule has 4 rings (SSSR count). The van der Waals surface area contributed by atoms with Gasteiger partial charge in [0.2, 0.25) is 11.8 Å². The molecule has 0 aromatic heterocycles. The topological polar surface area (TPSA) is 90.5 Å². The van der Waals surface area contributed by atoms with Gasteiger partial charge in [0, 0.05) is 44.4 Å². The number of carbonyl (C=O) groups excluding carboxylic acids is 3. The zero-order valence-corrected chi connectivity index (χ0v) is 20.3. The minimum atomic E-state index is -0.435. The fourth-order valence-electron chi connectivity index (χ4n) is 3.99. The minimum absolute atomic E-state index is 0.0334. The van der Waals surface area contributed by atoms with E-state index in [4.69, 9.17) is 0 Å². The number of fused-ring (bicyclic) bond motifs is 1. The van der Waals surface area contributed by atoms with Gasteiger partial charge in [0.1, 0.15) is 5.82 Å². The van der Waals surface area contributed by atoms with E-state index in [2.05, 4.69) is 16.0 Å². The maximum atomic E-state index is 13.8. The van der Waals surface area contributed by atoms with Crippen LogP contribution in [0, 0.1) is 5.82 Å². The Bertz CT molecular complexity index is 1350. The molecule has 8 heteroatoms. The summed E-state index contributed by atoms with van der Waals surface area (Å²) in [5, 5.41) is 8.72. The maximum Gasteiger partial charge on any atom is 0.258 e. The minimum Gasteiger partial charge on any atom is -0.359 e. The largest absolute Gasteiger partial charge is 0.359 e. The van der Waals surface area contributed by atoms with Crippen molar-refractivity contribution in [2.45, 2.75) is 19.8 Å². The van der Waals surface area contributed by atoms with Gasteiger partial charge in [-0.05, 0) is 60.0 Å². The highest BCUT2D eigenvalue weighted by Crippen LogP contribution is 2.38. The predicted molar refractivity (Wildman–Crippen MR) is 140 cm³/mol. The van der Waals surface area contributed by atoms with Gasteiger partial charge in [-0.25, -0.2) is 4.39 Å². The van der Waals surface area contributed by atoms with E-state index in [1.54, 1.807) is 20.2 Å². The van der Waals surface area contributed by atoms with Crippen LogP contribution in [0.3, 0.4) is 0 Å². The van der Waals surface area contributed by atoms with E-state index in [1.165, 1.54) is 24.0 Å². The lowest BCUT2D eigenvalue weighted by Gasteiger charge is -2.18. The second kappa shape index (κ2) is 10.4. The van der Waals surface area contributed by atoms with E-state index in [9.17, 15) is 18.8 Å². The summed E-state index contributed by atoms with van der Waals surface area (Å²) < 4.78 is 13.8. The van der Waals surface area contributed by atoms with Crippen molar-refractivity contribution in [1.29, 1.82) is 0 Å². The Balaban J connectivity index is 1.73. The van der Waals surface area contributed by atoms with Gasteiger partial charge in [-0.3, -0.25) is 14.4 Å². The summed E-state index contributed by atoms with van der Waals surface area (Å²) >= 11 is 0. The molecule has 7 nitrogen and oxygen atoms in total. The Morgan fingerprint density at radius 3 is 2.33 bits per heavy atom. The van der Waals surface area contributed by atoms with Crippen LogP contribution >= 0.6 is 0 Å². The van der Waals surface area contributed by atoms with Crippen LogP contribution in [0.5, 0.6) is 0 Å². The number of hydrogen-bond donors (Lipinski definition) is 3. The molecule has 0 fully saturated rings. The van der Waals surface area contributed by atoms with E-state index < -0.39 is 5.82 Å². The fourth-order valence-corrected chi connectivity index (χ4v) is 3.99. The lowest BCUT2D eigenvalue weighted by atomic mass is 9.98. The van der Waals surface area contributed by atoms with E-state index in [0.717, 1.165) is 16.8 Å². The fraction of sp³-hybridized carbons (Fsp3) is 0.179. The molecule has 3 aromatic carbocycles. The quantitative estimate of drug-likeness (QED) is 0.431. The van der Waals surface area contributed by atoms with Crippen LogP contribution < -0.4 is 20.9 Å². The van der Waals surface area contributed by atoms with Crippen LogP contribution in [-0.2, 0) is 20.8 Å². The van der Waals surface area contributed by atoms with Crippen LogP contribution in [0.25, 0.3) is 11.3 Å². The number of halogens is 1. The van der Waals surface area contributed by atoms with Crippen molar-refractivity contribution in [1.82, 2.24) is 5.32 Å². The monoisotopic (exact) mass is 486 g/mol. The van der Waals surface area contributed by atoms with Crippen molar-refractivity contribution in [3.63, 3.8) is 0 Å². The second-order valence-electron chi connectivity index (χ2n) is 8.51. The van der Waals surface area contributed by atoms with Crippen molar-refractivity contribution in [2.24, 2.45) is 0 Å². The van der Waals surface area contributed by atoms with Gasteiger partial charge in [-0.1, -0.05) is 24.3 Å². The highest BCUT2D eigenvalue weighted by molar-refractivity contribution is 6.37. The lowest BCUT2D eigenvalue weighted by Crippen LogP contribution is -2.22. The van der Waals surface area contributed by atoms with Gasteiger partial charge in [0.15, 0.2) is 0 Å². The molecule has 0 aliphatic carbocycles. The summed E-state index contributed by atoms with van der Waals surface area (Å²) in [7, 11) is 3.30. The third-order valence-electron chi connectivity index (χ3n) is 6.13. The average Bonchev–Trinajstić information content (AvgIpc) is 3.20. The first kappa shape index (κ1) is 24.7. The normalized spacial score (nSPS) is 13.5. The number of carbonyl (C=O) groups is 3. The van der Waals surface area contributed by atoms with Gasteiger partial charge < -0.3 is 20.9 Å². The first-order chi connectivity index (χ1) is 17.3. The van der Waals surface area contributed by atoms with Crippen LogP contribution in [-0.4, -0.2) is 31.8 Å². The van der Waals surface area contributed by atoms with Gasteiger partial charge in [-0.15, -0.1) is 0 Å². The molecular weight excluding hydrogens is 459 g/mol. The molecule has 1 heterocycles. The highest BCUT2D eigenvalue weighted by Gasteiger charge is 2.29. The summed E-state index contributed by atoms with van der Waals surface area (Å²) in [5.41, 5.74) is 5.16. The van der Waals surface area contributed by atoms with Gasteiger partial charge in [0.25, 0.3) is 5.91 Å². The Labute approximate surface area is 209 Å². The third-order valence-corrected chi connectivity index (χ3v) is 6.13. The number of hydrogen-bond acceptors (Lipinski definition) is 4. The molecule has 3 amide bonds. The van der Waals surface area contributed by atoms with Crippen molar-refractivity contribution < 1.29 is 18.8 Å². The Morgan fingerprint density at radius 2 is 1.69 bits per heavy atom. The summed E-state index contributed by atoms with van der Waals surface area (Å²) in [4.78, 5) is 37.8. The van der Waals surface area contributed by atoms with E-state index in [1.807, 2.05) is 48.5 Å². The summed E-state index contributed by atoms with van der Waals surface area (Å²) in [6.45, 7) is 1.49. The first-order valence-electron chi connectivity index (χ1n) is 11.5. The number of benzene rings is 3. The lowest BCUT2D eigenvalue weighted by molar-refractivity contribution is -0.120. The molecule has 0 unspecified atom stereocenters. The zero-order valence-electron chi connectivity index (χ0n) is 20.3. The number of nitrogens with one attached hydrogen (secondary N) is 3. The molecule has 3 N–H and O–H groups in total. The number of nitrogens with zero attached hydrogens (tertiary/aromatic N) is 1. The molecule has 1 aliphatic heterocycles. The van der Waals surface area contributed by atoms with Crippen molar-refractivity contribution >= 4 is 46.1 Å². The standard InChI is InChI=1S/C28H27FN4O3/c1-17(34)33(3)22-12-10-21(11-13-22)31-27(19-7-4-18(5-8-19)6-15-25(35)30-2)26-23-14-9-20(29)16-24(23)32-28(26)36/h4-5,7-14,16,31H,6,15H2,1-3H3,(H,30,35)(H,32,36)/b27-26-. The Morgan fingerprint density at radius 1 is 1.00 bits per heavy atom. The molecule has 0 saturated carbocycles. The van der Waals surface area contributed by atoms with E-state index >= 15 is 0 Å². The zero-order chi connectivity index (χ0) is 25.8. The van der Waals surface area contributed by atoms with Gasteiger partial charge >= 0.3 is 0 Å². The predicted octanol–water partition coefficient (Wildman–Crippen LogP) is 4.42. The van der Waals surface area contributed by atoms with E-state index in [-0.39, 0.29) is 17.7 Å². The van der Waals surface area contributed by atoms with Crippen LogP contribution in [0.2, 0.25) is 0 Å². The third kappa shape index (κ3) is 5.27. The molecule has 0 radical (unpaired) electrons. The molecular formula is C28H27FN4O3. The van der Waals surface area contributed by atoms with E-state index in [0.29, 0.717) is 41.1 Å². The highest BCUT2D eigenvalue weighted by atomic mass is 19.1. The molecule has 1 aliphatic rings. The van der Waals surface area contributed by atoms with Crippen LogP contribution in [0.15, 0.2) is 66.7 Å². The Hall–Kier alpha value is -4.46. The molecule has 3 aromatic rings. The summed E-state index contributed by atoms with van der Waals surface area (Å²) in [5.74, 6) is -0.888. The summed E-state index contributed by atoms with van der Waals surface area (Å²) in [6, 6.07) is 19.1. The van der Waals surface area contributed by atoms with Crippen molar-refractivity contribution in [3.8, 4) is 0 Å². The van der Waals surface area contributed by atoms with Crippen LogP contribution in [0.1, 0.15) is 30.0 Å². The Kier molecular flexibility index (Phi) is 7.15. The van der Waals surface area contributed by atoms with Gasteiger partial charge in [-0.2, -0.15) is 0 Å². The molecule has 0 saturated heterocycles. The van der Waals surface area contributed by atoms with Gasteiger partial charge in [0.05, 0.1) is 17.0 Å². The number of rotatable bonds is 7. The molecule has 184 valence electrons. The summed E-state index contributed by atoms with van der Waals surface area (Å²) in [6.07, 6.45) is 0.970. The number of amides is 3. The molecule has 0 spiro atoms. The molecule has 0 atom stereocenters. The first-order valence-corrected chi connectivity index (χ1v) is 11.5. The second-order valence-corrected chi connectivity index (χ2v) is 8.51. The smallest absolute Gasteiger partial charge is 0.258 e. The molecule has 0 bridgehead atoms. The maximum absolute atomic E-state index is 13.8. The average molecular weight is 487 g/mol. The molecule has 36 heavy (non-hydrogen) atoms. The SMILES string of the molecule is CNC(=O)CCc1ccc(/C(Nc2ccc(N(C)C(C)=O)cc2)=C2/C(=O)Nc3cc(F)ccc32)cc1. The number of anilines is 3.